The van der Waals surface area contributed by atoms with Crippen LogP contribution >= 0.6 is 11.3 Å². The summed E-state index contributed by atoms with van der Waals surface area (Å²) in [6.07, 6.45) is 4.11. The monoisotopic (exact) mass is 457 g/mol. The van der Waals surface area contributed by atoms with Gasteiger partial charge in [-0.15, -0.1) is 5.39 Å². The molecule has 0 fully saturated rings. The minimum atomic E-state index is 0. The van der Waals surface area contributed by atoms with E-state index in [0.717, 1.165) is 5.69 Å². The van der Waals surface area contributed by atoms with E-state index in [1.54, 1.807) is 0 Å². The summed E-state index contributed by atoms with van der Waals surface area (Å²) in [5.74, 6) is 0. The van der Waals surface area contributed by atoms with Gasteiger partial charge in [0.2, 0.25) is 0 Å². The largest absolute Gasteiger partial charge is 0.510 e. The second kappa shape index (κ2) is 5.21. The third kappa shape index (κ3) is 2.05. The van der Waals surface area contributed by atoms with Gasteiger partial charge in [0.1, 0.15) is 0 Å². The van der Waals surface area contributed by atoms with E-state index in [1.807, 2.05) is 35.6 Å². The fourth-order valence-electron chi connectivity index (χ4n) is 2.45. The van der Waals surface area contributed by atoms with Crippen LogP contribution in [0.15, 0.2) is 48.8 Å². The van der Waals surface area contributed by atoms with Gasteiger partial charge >= 0.3 is 0 Å². The zero-order chi connectivity index (χ0) is 12.8. The fourth-order valence-corrected chi connectivity index (χ4v) is 3.65. The molecule has 0 saturated heterocycles. The van der Waals surface area contributed by atoms with Gasteiger partial charge < -0.3 is 9.80 Å². The van der Waals surface area contributed by atoms with Gasteiger partial charge in [0.25, 0.3) is 0 Å². The molecule has 4 rings (SSSR count). The predicted octanol–water partition coefficient (Wildman–Crippen LogP) is 4.19. The summed E-state index contributed by atoms with van der Waals surface area (Å²) < 4.78 is 2.62. The number of fused-ring (bicyclic) bond motifs is 3. The Morgan fingerprint density at radius 1 is 1.10 bits per heavy atom. The van der Waals surface area contributed by atoms with Crippen molar-refractivity contribution in [1.82, 2.24) is 4.90 Å². The first-order chi connectivity index (χ1) is 9.33. The molecular formula is C16H12IrN2S-2. The van der Waals surface area contributed by atoms with E-state index in [-0.39, 0.29) is 20.1 Å². The Bertz CT molecular complexity index is 793. The Balaban J connectivity index is 0.00000121. The van der Waals surface area contributed by atoms with Gasteiger partial charge in [0, 0.05) is 24.8 Å². The first kappa shape index (κ1) is 13.6. The van der Waals surface area contributed by atoms with Gasteiger partial charge in [0.05, 0.1) is 0 Å². The Morgan fingerprint density at radius 3 is 2.75 bits per heavy atom. The molecule has 0 amide bonds. The van der Waals surface area contributed by atoms with E-state index in [2.05, 4.69) is 54.2 Å². The molecule has 0 saturated carbocycles. The Hall–Kier alpha value is -1.35. The van der Waals surface area contributed by atoms with Gasteiger partial charge in [-0.2, -0.15) is 24.9 Å². The van der Waals surface area contributed by atoms with Crippen LogP contribution in [0.2, 0.25) is 0 Å². The van der Waals surface area contributed by atoms with Crippen molar-refractivity contribution >= 4 is 37.2 Å². The summed E-state index contributed by atoms with van der Waals surface area (Å²) in [4.78, 5) is 4.16. The molecule has 4 heteroatoms. The summed E-state index contributed by atoms with van der Waals surface area (Å²) in [5.41, 5.74) is 1.12. The predicted molar refractivity (Wildman–Crippen MR) is 81.8 cm³/mol. The van der Waals surface area contributed by atoms with Crippen molar-refractivity contribution in [3.63, 3.8) is 0 Å². The fraction of sp³-hybridized carbons (Fsp3) is 0.0625. The van der Waals surface area contributed by atoms with Crippen LogP contribution in [0.5, 0.6) is 0 Å². The van der Waals surface area contributed by atoms with Crippen molar-refractivity contribution in [3.05, 3.63) is 61.5 Å². The van der Waals surface area contributed by atoms with Crippen LogP contribution in [0, 0.1) is 12.7 Å². The van der Waals surface area contributed by atoms with E-state index in [4.69, 9.17) is 0 Å². The average molecular weight is 457 g/mol. The summed E-state index contributed by atoms with van der Waals surface area (Å²) in [6, 6.07) is 16.1. The number of nitrogens with zero attached hydrogens (tertiary/aromatic N) is 2. The van der Waals surface area contributed by atoms with Gasteiger partial charge in [-0.1, -0.05) is 28.6 Å². The maximum Gasteiger partial charge on any atom is 0.0204 e. The number of thiophene rings is 1. The van der Waals surface area contributed by atoms with E-state index in [1.165, 1.54) is 20.2 Å². The van der Waals surface area contributed by atoms with E-state index >= 15 is 0 Å². The van der Waals surface area contributed by atoms with Crippen molar-refractivity contribution in [1.29, 1.82) is 0 Å². The van der Waals surface area contributed by atoms with Gasteiger partial charge in [-0.3, -0.25) is 0 Å². The second-order valence-electron chi connectivity index (χ2n) is 4.65. The standard InChI is InChI=1S/C16H12N2S.Ir/c1-17-9-10-18(11-17)14-7-4-6-13-12-5-2-3-8-15(12)19-16(13)14;/h2-6,8-11H,1H3;/q-2;. The molecule has 1 aromatic heterocycles. The molecule has 0 unspecified atom stereocenters. The van der Waals surface area contributed by atoms with Crippen molar-refractivity contribution in [2.75, 3.05) is 11.9 Å². The molecule has 2 nitrogen and oxygen atoms in total. The summed E-state index contributed by atoms with van der Waals surface area (Å²) in [6.45, 7) is 2.07. The Kier molecular flexibility index (Phi) is 3.55. The molecule has 2 aromatic carbocycles. The minimum absolute atomic E-state index is 0. The molecule has 0 N–H and O–H groups in total. The number of hydrogen-bond donors (Lipinski definition) is 0. The topological polar surface area (TPSA) is 6.48 Å². The quantitative estimate of drug-likeness (QED) is 0.507. The maximum atomic E-state index is 3.36. The molecule has 20 heavy (non-hydrogen) atoms. The summed E-state index contributed by atoms with van der Waals surface area (Å²) in [5, 5.41) is 2.64. The van der Waals surface area contributed by atoms with E-state index < -0.39 is 0 Å². The van der Waals surface area contributed by atoms with Gasteiger partial charge in [-0.25, -0.2) is 11.3 Å². The number of anilines is 1. The van der Waals surface area contributed by atoms with Crippen LogP contribution in [-0.4, -0.2) is 11.9 Å². The summed E-state index contributed by atoms with van der Waals surface area (Å²) >= 11 is 1.83. The van der Waals surface area contributed by atoms with Crippen LogP contribution in [0.3, 0.4) is 0 Å². The van der Waals surface area contributed by atoms with Crippen molar-refractivity contribution in [2.45, 2.75) is 0 Å². The molecule has 103 valence electrons. The molecule has 0 bridgehead atoms. The summed E-state index contributed by atoms with van der Waals surface area (Å²) in [7, 11) is 2.03. The first-order valence-electron chi connectivity index (χ1n) is 6.18. The van der Waals surface area contributed by atoms with Gasteiger partial charge in [-0.05, 0) is 30.9 Å². The third-order valence-corrected chi connectivity index (χ3v) is 4.54. The Morgan fingerprint density at radius 2 is 1.95 bits per heavy atom. The van der Waals surface area contributed by atoms with E-state index in [9.17, 15) is 0 Å². The molecule has 1 aliphatic rings. The zero-order valence-corrected chi connectivity index (χ0v) is 14.0. The number of benzene rings is 2. The molecule has 1 aliphatic heterocycles. The van der Waals surface area contributed by atoms with Crippen molar-refractivity contribution < 1.29 is 20.1 Å². The number of rotatable bonds is 1. The zero-order valence-electron chi connectivity index (χ0n) is 10.8. The average Bonchev–Trinajstić information content (AvgIpc) is 3.02. The van der Waals surface area contributed by atoms with Crippen LogP contribution in [0.25, 0.3) is 20.2 Å². The molecular weight excluding hydrogens is 444 g/mol. The molecule has 2 heterocycles. The van der Waals surface area contributed by atoms with Crippen LogP contribution in [-0.2, 0) is 20.1 Å². The van der Waals surface area contributed by atoms with Gasteiger partial charge in [0.15, 0.2) is 0 Å². The molecule has 1 radical (unpaired) electrons. The molecule has 0 atom stereocenters. The van der Waals surface area contributed by atoms with Crippen LogP contribution in [0.1, 0.15) is 0 Å². The first-order valence-corrected chi connectivity index (χ1v) is 7.00. The molecule has 0 aliphatic carbocycles. The molecule has 0 spiro atoms. The smallest absolute Gasteiger partial charge is 0.0204 e. The van der Waals surface area contributed by atoms with Crippen LogP contribution in [0.4, 0.5) is 5.69 Å². The maximum absolute atomic E-state index is 3.36. The van der Waals surface area contributed by atoms with Crippen molar-refractivity contribution in [3.8, 4) is 0 Å². The normalized spacial score (nSPS) is 14.2. The SMILES string of the molecule is CN1C=CN(c2[c-]ccc3c2sc2ccccc23)[CH-]1.[Ir]. The Labute approximate surface area is 135 Å². The van der Waals surface area contributed by atoms with Crippen molar-refractivity contribution in [2.24, 2.45) is 0 Å². The molecule has 3 aromatic rings. The van der Waals surface area contributed by atoms with Crippen LogP contribution < -0.4 is 4.90 Å². The number of hydrogen-bond acceptors (Lipinski definition) is 3. The minimum Gasteiger partial charge on any atom is -0.510 e. The van der Waals surface area contributed by atoms with E-state index in [0.29, 0.717) is 0 Å². The third-order valence-electron chi connectivity index (χ3n) is 3.35. The second-order valence-corrected chi connectivity index (χ2v) is 5.71.